The first-order chi connectivity index (χ1) is 13.7. The SMILES string of the molecule is Cc1cccc(-c2nc3cnccn3c2NCCC(=O)NC2CCCCC2)c1. The maximum Gasteiger partial charge on any atom is 0.221 e. The van der Waals surface area contributed by atoms with Gasteiger partial charge in [0.25, 0.3) is 0 Å². The van der Waals surface area contributed by atoms with Crippen LogP contribution in [0, 0.1) is 6.92 Å². The third-order valence-corrected chi connectivity index (χ3v) is 5.34. The molecule has 4 rings (SSSR count). The summed E-state index contributed by atoms with van der Waals surface area (Å²) in [5.74, 6) is 1.01. The van der Waals surface area contributed by atoms with Gasteiger partial charge in [-0.1, -0.05) is 43.0 Å². The smallest absolute Gasteiger partial charge is 0.221 e. The molecule has 6 nitrogen and oxygen atoms in total. The second kappa shape index (κ2) is 8.42. The van der Waals surface area contributed by atoms with Gasteiger partial charge in [0.05, 0.1) is 6.20 Å². The maximum atomic E-state index is 12.3. The molecule has 0 spiro atoms. The number of aryl methyl sites for hydroxylation is 1. The van der Waals surface area contributed by atoms with Gasteiger partial charge in [-0.3, -0.25) is 14.2 Å². The standard InChI is InChI=1S/C22H27N5O/c1-16-6-5-7-17(14-16)21-22(27-13-12-23-15-19(27)26-21)24-11-10-20(28)25-18-8-3-2-4-9-18/h5-7,12-15,18,24H,2-4,8-11H2,1H3,(H,25,28). The lowest BCUT2D eigenvalue weighted by Gasteiger charge is -2.22. The number of aromatic nitrogens is 3. The number of nitrogens with one attached hydrogen (secondary N) is 2. The van der Waals surface area contributed by atoms with Gasteiger partial charge in [0.15, 0.2) is 5.65 Å². The van der Waals surface area contributed by atoms with E-state index in [9.17, 15) is 4.79 Å². The van der Waals surface area contributed by atoms with E-state index in [-0.39, 0.29) is 5.91 Å². The number of benzene rings is 1. The highest BCUT2D eigenvalue weighted by atomic mass is 16.1. The number of carbonyl (C=O) groups is 1. The Morgan fingerprint density at radius 1 is 1.25 bits per heavy atom. The lowest BCUT2D eigenvalue weighted by molar-refractivity contribution is -0.121. The fourth-order valence-electron chi connectivity index (χ4n) is 3.91. The molecular weight excluding hydrogens is 350 g/mol. The van der Waals surface area contributed by atoms with Gasteiger partial charge >= 0.3 is 0 Å². The van der Waals surface area contributed by atoms with Crippen molar-refractivity contribution in [3.63, 3.8) is 0 Å². The number of rotatable bonds is 6. The first kappa shape index (κ1) is 18.5. The Labute approximate surface area is 165 Å². The Kier molecular flexibility index (Phi) is 5.55. The van der Waals surface area contributed by atoms with Gasteiger partial charge < -0.3 is 10.6 Å². The van der Waals surface area contributed by atoms with Crippen molar-refractivity contribution in [1.29, 1.82) is 0 Å². The van der Waals surface area contributed by atoms with Crippen LogP contribution in [0.5, 0.6) is 0 Å². The highest BCUT2D eigenvalue weighted by molar-refractivity contribution is 5.79. The zero-order valence-electron chi connectivity index (χ0n) is 16.3. The lowest BCUT2D eigenvalue weighted by atomic mass is 9.95. The molecule has 146 valence electrons. The molecule has 2 N–H and O–H groups in total. The minimum Gasteiger partial charge on any atom is -0.369 e. The van der Waals surface area contributed by atoms with Crippen LogP contribution in [0.4, 0.5) is 5.82 Å². The van der Waals surface area contributed by atoms with E-state index >= 15 is 0 Å². The zero-order chi connectivity index (χ0) is 19.3. The van der Waals surface area contributed by atoms with E-state index in [1.807, 2.05) is 16.7 Å². The third-order valence-electron chi connectivity index (χ3n) is 5.34. The largest absolute Gasteiger partial charge is 0.369 e. The summed E-state index contributed by atoms with van der Waals surface area (Å²) >= 11 is 0. The number of carbonyl (C=O) groups excluding carboxylic acids is 1. The zero-order valence-corrected chi connectivity index (χ0v) is 16.3. The number of hydrogen-bond acceptors (Lipinski definition) is 4. The van der Waals surface area contributed by atoms with Crippen molar-refractivity contribution in [2.45, 2.75) is 51.5 Å². The number of fused-ring (bicyclic) bond motifs is 1. The molecule has 1 aliphatic carbocycles. The molecule has 0 unspecified atom stereocenters. The summed E-state index contributed by atoms with van der Waals surface area (Å²) < 4.78 is 1.99. The minimum absolute atomic E-state index is 0.118. The van der Waals surface area contributed by atoms with Crippen molar-refractivity contribution in [1.82, 2.24) is 19.7 Å². The molecule has 2 aromatic heterocycles. The topological polar surface area (TPSA) is 71.3 Å². The van der Waals surface area contributed by atoms with Crippen LogP contribution >= 0.6 is 0 Å². The van der Waals surface area contributed by atoms with Gasteiger partial charge in [-0.25, -0.2) is 4.98 Å². The first-order valence-electron chi connectivity index (χ1n) is 10.1. The molecule has 1 aromatic carbocycles. The van der Waals surface area contributed by atoms with Crippen molar-refractivity contribution in [3.8, 4) is 11.3 Å². The van der Waals surface area contributed by atoms with Crippen molar-refractivity contribution in [2.24, 2.45) is 0 Å². The number of hydrogen-bond donors (Lipinski definition) is 2. The Balaban J connectivity index is 1.48. The van der Waals surface area contributed by atoms with Gasteiger partial charge in [-0.2, -0.15) is 0 Å². The predicted molar refractivity (Wildman–Crippen MR) is 111 cm³/mol. The fourth-order valence-corrected chi connectivity index (χ4v) is 3.91. The summed E-state index contributed by atoms with van der Waals surface area (Å²) in [6.07, 6.45) is 11.8. The number of nitrogens with zero attached hydrogens (tertiary/aromatic N) is 3. The Morgan fingerprint density at radius 3 is 2.93 bits per heavy atom. The summed E-state index contributed by atoms with van der Waals surface area (Å²) in [5, 5.41) is 6.61. The molecule has 0 atom stereocenters. The second-order valence-electron chi connectivity index (χ2n) is 7.56. The average molecular weight is 377 g/mol. The Hall–Kier alpha value is -2.89. The molecule has 1 saturated carbocycles. The second-order valence-corrected chi connectivity index (χ2v) is 7.56. The molecule has 6 heteroatoms. The summed E-state index contributed by atoms with van der Waals surface area (Å²) in [4.78, 5) is 21.2. The van der Waals surface area contributed by atoms with Crippen LogP contribution in [0.3, 0.4) is 0 Å². The van der Waals surface area contributed by atoms with Gasteiger partial charge in [-0.15, -0.1) is 0 Å². The van der Waals surface area contributed by atoms with Gasteiger partial charge in [0.2, 0.25) is 5.91 Å². The molecule has 1 amide bonds. The predicted octanol–water partition coefficient (Wildman–Crippen LogP) is 3.96. The summed E-state index contributed by atoms with van der Waals surface area (Å²) in [6.45, 7) is 2.64. The highest BCUT2D eigenvalue weighted by Gasteiger charge is 2.17. The van der Waals surface area contributed by atoms with Crippen molar-refractivity contribution < 1.29 is 4.79 Å². The number of imidazole rings is 1. The average Bonchev–Trinajstić information content (AvgIpc) is 3.08. The molecule has 2 heterocycles. The fraction of sp³-hybridized carbons (Fsp3) is 0.409. The van der Waals surface area contributed by atoms with Crippen LogP contribution in [-0.4, -0.2) is 32.9 Å². The molecule has 0 aliphatic heterocycles. The van der Waals surface area contributed by atoms with E-state index in [0.29, 0.717) is 19.0 Å². The van der Waals surface area contributed by atoms with E-state index in [0.717, 1.165) is 35.6 Å². The van der Waals surface area contributed by atoms with Crippen molar-refractivity contribution >= 4 is 17.4 Å². The van der Waals surface area contributed by atoms with Gasteiger partial charge in [-0.05, 0) is 25.8 Å². The van der Waals surface area contributed by atoms with E-state index < -0.39 is 0 Å². The maximum absolute atomic E-state index is 12.3. The van der Waals surface area contributed by atoms with Crippen LogP contribution in [-0.2, 0) is 4.79 Å². The lowest BCUT2D eigenvalue weighted by Crippen LogP contribution is -2.36. The van der Waals surface area contributed by atoms with Crippen molar-refractivity contribution in [2.75, 3.05) is 11.9 Å². The number of anilines is 1. The monoisotopic (exact) mass is 377 g/mol. The third kappa shape index (κ3) is 4.16. The number of amides is 1. The summed E-state index contributed by atoms with van der Waals surface area (Å²) in [6, 6.07) is 8.64. The summed E-state index contributed by atoms with van der Waals surface area (Å²) in [5.41, 5.74) is 3.90. The van der Waals surface area contributed by atoms with Crippen LogP contribution in [0.25, 0.3) is 16.9 Å². The molecule has 0 saturated heterocycles. The van der Waals surface area contributed by atoms with Crippen LogP contribution in [0.2, 0.25) is 0 Å². The van der Waals surface area contributed by atoms with Gasteiger partial charge in [0, 0.05) is 37.0 Å². The minimum atomic E-state index is 0.118. The van der Waals surface area contributed by atoms with Crippen LogP contribution in [0.1, 0.15) is 44.1 Å². The first-order valence-corrected chi connectivity index (χ1v) is 10.1. The molecule has 1 aliphatic rings. The van der Waals surface area contributed by atoms with Crippen molar-refractivity contribution in [3.05, 3.63) is 48.4 Å². The van der Waals surface area contributed by atoms with Gasteiger partial charge in [0.1, 0.15) is 11.5 Å². The Morgan fingerprint density at radius 2 is 2.11 bits per heavy atom. The van der Waals surface area contributed by atoms with Crippen LogP contribution < -0.4 is 10.6 Å². The highest BCUT2D eigenvalue weighted by Crippen LogP contribution is 2.29. The van der Waals surface area contributed by atoms with E-state index in [1.165, 1.54) is 24.8 Å². The van der Waals surface area contributed by atoms with E-state index in [1.54, 1.807) is 12.4 Å². The van der Waals surface area contributed by atoms with E-state index in [4.69, 9.17) is 4.98 Å². The quantitative estimate of drug-likeness (QED) is 0.682. The molecule has 28 heavy (non-hydrogen) atoms. The van der Waals surface area contributed by atoms with Crippen LogP contribution in [0.15, 0.2) is 42.9 Å². The Bertz CT molecular complexity index is 958. The molecular formula is C22H27N5O. The molecule has 0 bridgehead atoms. The summed E-state index contributed by atoms with van der Waals surface area (Å²) in [7, 11) is 0. The van der Waals surface area contributed by atoms with E-state index in [2.05, 4.69) is 40.7 Å². The molecule has 3 aromatic rings. The molecule has 0 radical (unpaired) electrons. The normalized spacial score (nSPS) is 14.9. The molecule has 1 fully saturated rings.